The lowest BCUT2D eigenvalue weighted by Crippen LogP contribution is -2.54. The quantitative estimate of drug-likeness (QED) is 0.127. The SMILES string of the molecule is NC(=O)C(Cc1ccc(OP(=O)(O)O)cc1)NC(=O)C(CC(=O)O)NC(=O)Cc1ccc(OP(=O)(O)O)cc1. The van der Waals surface area contributed by atoms with Gasteiger partial charge in [-0.15, -0.1) is 0 Å². The Balaban J connectivity index is 2.05. The molecule has 2 atom stereocenters. The van der Waals surface area contributed by atoms with Crippen LogP contribution in [0.5, 0.6) is 11.5 Å². The molecule has 2 aromatic rings. The van der Waals surface area contributed by atoms with Gasteiger partial charge in [-0.05, 0) is 35.4 Å². The first kappa shape index (κ1) is 31.4. The first-order valence-electron chi connectivity index (χ1n) is 10.8. The van der Waals surface area contributed by atoms with Crippen LogP contribution in [0.1, 0.15) is 17.5 Å². The molecule has 3 amide bonds. The molecule has 9 N–H and O–H groups in total. The van der Waals surface area contributed by atoms with Gasteiger partial charge in [-0.25, -0.2) is 9.13 Å². The summed E-state index contributed by atoms with van der Waals surface area (Å²) in [4.78, 5) is 83.8. The van der Waals surface area contributed by atoms with E-state index in [4.69, 9.17) is 25.3 Å². The number of carboxylic acid groups (broad SMARTS) is 1. The fourth-order valence-corrected chi connectivity index (χ4v) is 3.97. The van der Waals surface area contributed by atoms with Crippen molar-refractivity contribution in [2.75, 3.05) is 0 Å². The van der Waals surface area contributed by atoms with E-state index < -0.39 is 57.8 Å². The third kappa shape index (κ3) is 12.1. The molecular formula is C21H25N3O13P2. The normalized spacial score (nSPS) is 13.0. The number of carbonyl (C=O) groups is 4. The fourth-order valence-electron chi connectivity index (χ4n) is 3.17. The summed E-state index contributed by atoms with van der Waals surface area (Å²) in [6.07, 6.45) is -1.33. The van der Waals surface area contributed by atoms with Crippen molar-refractivity contribution in [1.82, 2.24) is 10.6 Å². The molecule has 0 fully saturated rings. The zero-order valence-electron chi connectivity index (χ0n) is 19.9. The van der Waals surface area contributed by atoms with E-state index in [2.05, 4.69) is 19.7 Å². The van der Waals surface area contributed by atoms with Gasteiger partial charge in [-0.3, -0.25) is 38.8 Å². The summed E-state index contributed by atoms with van der Waals surface area (Å²) in [7, 11) is -9.55. The molecule has 0 aliphatic carbocycles. The molecule has 39 heavy (non-hydrogen) atoms. The lowest BCUT2D eigenvalue weighted by atomic mass is 10.0. The average Bonchev–Trinajstić information content (AvgIpc) is 2.78. The van der Waals surface area contributed by atoms with Crippen molar-refractivity contribution >= 4 is 39.3 Å². The number of rotatable bonds is 14. The van der Waals surface area contributed by atoms with E-state index in [0.717, 1.165) is 0 Å². The van der Waals surface area contributed by atoms with Crippen LogP contribution < -0.4 is 25.4 Å². The molecule has 0 aliphatic heterocycles. The van der Waals surface area contributed by atoms with Crippen LogP contribution in [0.25, 0.3) is 0 Å². The molecule has 0 saturated carbocycles. The van der Waals surface area contributed by atoms with Gasteiger partial charge >= 0.3 is 21.6 Å². The van der Waals surface area contributed by atoms with Crippen molar-refractivity contribution in [3.8, 4) is 11.5 Å². The van der Waals surface area contributed by atoms with Crippen molar-refractivity contribution in [3.05, 3.63) is 59.7 Å². The number of hydrogen-bond donors (Lipinski definition) is 8. The maximum Gasteiger partial charge on any atom is 0.524 e. The topological polar surface area (TPSA) is 272 Å². The van der Waals surface area contributed by atoms with Gasteiger partial charge in [0.2, 0.25) is 17.7 Å². The fraction of sp³-hybridized carbons (Fsp3) is 0.238. The Morgan fingerprint density at radius 2 is 1.23 bits per heavy atom. The van der Waals surface area contributed by atoms with Crippen LogP contribution >= 0.6 is 15.6 Å². The van der Waals surface area contributed by atoms with Gasteiger partial charge in [-0.2, -0.15) is 0 Å². The van der Waals surface area contributed by atoms with Gasteiger partial charge in [0.05, 0.1) is 12.8 Å². The molecule has 0 bridgehead atoms. The average molecular weight is 589 g/mol. The summed E-state index contributed by atoms with van der Waals surface area (Å²) < 4.78 is 30.6. The molecule has 2 unspecified atom stereocenters. The number of benzene rings is 2. The second-order valence-corrected chi connectivity index (χ2v) is 10.3. The van der Waals surface area contributed by atoms with Crippen molar-refractivity contribution in [3.63, 3.8) is 0 Å². The van der Waals surface area contributed by atoms with Gasteiger partial charge in [0.15, 0.2) is 0 Å². The molecular weight excluding hydrogens is 564 g/mol. The van der Waals surface area contributed by atoms with Gasteiger partial charge in [0, 0.05) is 6.42 Å². The van der Waals surface area contributed by atoms with E-state index in [1.165, 1.54) is 48.5 Å². The molecule has 0 aromatic heterocycles. The Morgan fingerprint density at radius 1 is 0.769 bits per heavy atom. The monoisotopic (exact) mass is 589 g/mol. The van der Waals surface area contributed by atoms with Crippen molar-refractivity contribution in [2.24, 2.45) is 5.73 Å². The second-order valence-electron chi connectivity index (χ2n) is 8.01. The number of aliphatic carboxylic acids is 1. The number of carboxylic acids is 1. The number of carbonyl (C=O) groups excluding carboxylic acids is 3. The minimum atomic E-state index is -4.78. The smallest absolute Gasteiger partial charge is 0.481 e. The zero-order valence-corrected chi connectivity index (χ0v) is 21.7. The van der Waals surface area contributed by atoms with Crippen LogP contribution in [0.2, 0.25) is 0 Å². The number of phosphoric acid groups is 2. The molecule has 212 valence electrons. The zero-order chi connectivity index (χ0) is 29.4. The number of phosphoric ester groups is 2. The Kier molecular flexibility index (Phi) is 10.7. The van der Waals surface area contributed by atoms with Crippen LogP contribution in [-0.4, -0.2) is 60.5 Å². The number of amides is 3. The van der Waals surface area contributed by atoms with Crippen molar-refractivity contribution in [1.29, 1.82) is 0 Å². The van der Waals surface area contributed by atoms with Crippen LogP contribution in [-0.2, 0) is 41.1 Å². The summed E-state index contributed by atoms with van der Waals surface area (Å²) in [5, 5.41) is 13.7. The highest BCUT2D eigenvalue weighted by molar-refractivity contribution is 7.47. The molecule has 16 nitrogen and oxygen atoms in total. The molecule has 0 aliphatic rings. The van der Waals surface area contributed by atoms with Gasteiger partial charge in [-0.1, -0.05) is 24.3 Å². The highest BCUT2D eigenvalue weighted by atomic mass is 31.2. The second kappa shape index (κ2) is 13.3. The highest BCUT2D eigenvalue weighted by Gasteiger charge is 2.28. The third-order valence-corrected chi connectivity index (χ3v) is 5.69. The lowest BCUT2D eigenvalue weighted by molar-refractivity contribution is -0.140. The van der Waals surface area contributed by atoms with Crippen LogP contribution in [0.3, 0.4) is 0 Å². The Morgan fingerprint density at radius 3 is 1.64 bits per heavy atom. The first-order valence-corrected chi connectivity index (χ1v) is 13.9. The van der Waals surface area contributed by atoms with Gasteiger partial charge < -0.3 is 30.5 Å². The Labute approximate surface area is 220 Å². The first-order chi connectivity index (χ1) is 18.0. The molecule has 0 heterocycles. The van der Waals surface area contributed by atoms with E-state index in [0.29, 0.717) is 11.1 Å². The van der Waals surface area contributed by atoms with E-state index in [1.54, 1.807) is 0 Å². The molecule has 0 saturated heterocycles. The van der Waals surface area contributed by atoms with Gasteiger partial charge in [0.25, 0.3) is 0 Å². The minimum Gasteiger partial charge on any atom is -0.481 e. The molecule has 0 spiro atoms. The highest BCUT2D eigenvalue weighted by Crippen LogP contribution is 2.38. The van der Waals surface area contributed by atoms with Crippen LogP contribution in [0, 0.1) is 0 Å². The van der Waals surface area contributed by atoms with Crippen LogP contribution in [0.15, 0.2) is 48.5 Å². The van der Waals surface area contributed by atoms with Crippen molar-refractivity contribution in [2.45, 2.75) is 31.3 Å². The minimum absolute atomic E-state index is 0.153. The summed E-state index contributed by atoms with van der Waals surface area (Å²) in [6, 6.07) is 7.29. The number of hydrogen-bond acceptors (Lipinski definition) is 8. The largest absolute Gasteiger partial charge is 0.524 e. The van der Waals surface area contributed by atoms with E-state index in [9.17, 15) is 33.4 Å². The van der Waals surface area contributed by atoms with Crippen LogP contribution in [0.4, 0.5) is 0 Å². The summed E-state index contributed by atoms with van der Waals surface area (Å²) in [6.45, 7) is 0. The van der Waals surface area contributed by atoms with E-state index in [1.807, 2.05) is 0 Å². The van der Waals surface area contributed by atoms with E-state index >= 15 is 0 Å². The number of primary amides is 1. The maximum absolute atomic E-state index is 12.8. The predicted octanol–water partition coefficient (Wildman–Crippen LogP) is -0.656. The Hall–Kier alpha value is -3.78. The maximum atomic E-state index is 12.8. The predicted molar refractivity (Wildman–Crippen MR) is 131 cm³/mol. The Bertz CT molecular complexity index is 1290. The molecule has 2 aromatic carbocycles. The molecule has 2 rings (SSSR count). The third-order valence-electron chi connectivity index (χ3n) is 4.79. The van der Waals surface area contributed by atoms with Gasteiger partial charge in [0.1, 0.15) is 23.6 Å². The standard InChI is InChI=1S/C21H25N3O13P2/c22-20(28)16(9-12-1-5-14(6-2-12)36-38(30,31)32)24-21(29)17(11-19(26)27)23-18(25)10-13-3-7-15(8-4-13)37-39(33,34)35/h1-8,16-17H,9-11H2,(H2,22,28)(H,23,25)(H,24,29)(H,26,27)(H2,30,31,32)(H2,33,34,35). The number of nitrogens with two attached hydrogens (primary N) is 1. The summed E-state index contributed by atoms with van der Waals surface area (Å²) in [5.74, 6) is -4.49. The lowest BCUT2D eigenvalue weighted by Gasteiger charge is -2.21. The molecule has 18 heteroatoms. The summed E-state index contributed by atoms with van der Waals surface area (Å²) >= 11 is 0. The van der Waals surface area contributed by atoms with Crippen molar-refractivity contribution < 1.29 is 62.0 Å². The summed E-state index contributed by atoms with van der Waals surface area (Å²) in [5.41, 5.74) is 6.11. The molecule has 0 radical (unpaired) electrons. The van der Waals surface area contributed by atoms with E-state index in [-0.39, 0.29) is 24.3 Å². The number of nitrogens with one attached hydrogen (secondary N) is 2.